The number of carbonyl (C=O) groups is 2. The quantitative estimate of drug-likeness (QED) is 0.176. The molecule has 0 saturated carbocycles. The number of ether oxygens (including phenoxy) is 4. The van der Waals surface area contributed by atoms with Crippen LogP contribution in [0.2, 0.25) is 0 Å². The van der Waals surface area contributed by atoms with Gasteiger partial charge in [0, 0.05) is 18.2 Å². The molecule has 0 bridgehead atoms. The summed E-state index contributed by atoms with van der Waals surface area (Å²) in [5.41, 5.74) is 1.14. The lowest BCUT2D eigenvalue weighted by atomic mass is 9.95. The molecular weight excluding hydrogens is 552 g/mol. The van der Waals surface area contributed by atoms with Crippen LogP contribution in [0.4, 0.5) is 0 Å². The zero-order valence-corrected chi connectivity index (χ0v) is 21.9. The number of aliphatic hydroxyl groups excluding tert-OH is 3. The SMILES string of the molecule is O=C(/C=C/c1ccc(O)cc1)O[C@@H]1[C@@H](O)[C@H](Oc2cc(O)c3c(c2)OC(c2ccc(O)cc2)CC3=O)O[C@H](CO)[C@H]1O. The Kier molecular flexibility index (Phi) is 8.31. The summed E-state index contributed by atoms with van der Waals surface area (Å²) in [7, 11) is 0. The minimum atomic E-state index is -1.74. The summed E-state index contributed by atoms with van der Waals surface area (Å²) in [5.74, 6) is -1.73. The number of benzene rings is 3. The average Bonchev–Trinajstić information content (AvgIpc) is 2.96. The van der Waals surface area contributed by atoms with Gasteiger partial charge >= 0.3 is 5.97 Å². The number of hydrogen-bond acceptors (Lipinski definition) is 12. The molecule has 1 unspecified atom stereocenters. The second-order valence-corrected chi connectivity index (χ2v) is 9.79. The number of hydrogen-bond donors (Lipinski definition) is 6. The van der Waals surface area contributed by atoms with Crippen LogP contribution in [-0.2, 0) is 14.3 Å². The first-order valence-electron chi connectivity index (χ1n) is 13.0. The molecule has 12 heteroatoms. The Labute approximate surface area is 239 Å². The largest absolute Gasteiger partial charge is 0.508 e. The van der Waals surface area contributed by atoms with E-state index in [4.69, 9.17) is 18.9 Å². The number of aliphatic hydroxyl groups is 3. The van der Waals surface area contributed by atoms with Gasteiger partial charge in [0.25, 0.3) is 0 Å². The minimum absolute atomic E-state index is 0.00529. The van der Waals surface area contributed by atoms with Gasteiger partial charge in [0.15, 0.2) is 18.0 Å². The van der Waals surface area contributed by atoms with Gasteiger partial charge in [0.1, 0.15) is 52.6 Å². The molecule has 0 aromatic heterocycles. The molecule has 6 N–H and O–H groups in total. The summed E-state index contributed by atoms with van der Waals surface area (Å²) in [4.78, 5) is 25.3. The van der Waals surface area contributed by atoms with Crippen molar-refractivity contribution in [1.82, 2.24) is 0 Å². The lowest BCUT2D eigenvalue weighted by molar-refractivity contribution is -0.280. The van der Waals surface area contributed by atoms with Crippen molar-refractivity contribution in [3.63, 3.8) is 0 Å². The lowest BCUT2D eigenvalue weighted by Crippen LogP contribution is -2.61. The Balaban J connectivity index is 1.33. The average molecular weight is 581 g/mol. The molecule has 42 heavy (non-hydrogen) atoms. The van der Waals surface area contributed by atoms with Crippen LogP contribution in [0.3, 0.4) is 0 Å². The molecule has 2 aliphatic heterocycles. The first-order chi connectivity index (χ1) is 20.1. The Hall–Kier alpha value is -4.62. The summed E-state index contributed by atoms with van der Waals surface area (Å²) in [6.45, 7) is -0.702. The van der Waals surface area contributed by atoms with Crippen molar-refractivity contribution < 1.29 is 59.2 Å². The van der Waals surface area contributed by atoms with Gasteiger partial charge in [0.2, 0.25) is 6.29 Å². The highest BCUT2D eigenvalue weighted by Gasteiger charge is 2.48. The van der Waals surface area contributed by atoms with Gasteiger partial charge in [-0.1, -0.05) is 24.3 Å². The van der Waals surface area contributed by atoms with Crippen LogP contribution in [0.1, 0.15) is 34.0 Å². The third-order valence-electron chi connectivity index (χ3n) is 6.87. The molecule has 0 spiro atoms. The maximum Gasteiger partial charge on any atom is 0.331 e. The third-order valence-corrected chi connectivity index (χ3v) is 6.87. The highest BCUT2D eigenvalue weighted by atomic mass is 16.7. The second-order valence-electron chi connectivity index (χ2n) is 9.79. The van der Waals surface area contributed by atoms with Gasteiger partial charge in [-0.3, -0.25) is 4.79 Å². The first-order valence-corrected chi connectivity index (χ1v) is 13.0. The molecule has 3 aromatic carbocycles. The van der Waals surface area contributed by atoms with Crippen molar-refractivity contribution in [3.05, 3.63) is 83.4 Å². The van der Waals surface area contributed by atoms with Crippen LogP contribution >= 0.6 is 0 Å². The van der Waals surface area contributed by atoms with Crippen molar-refractivity contribution in [2.75, 3.05) is 6.61 Å². The topological polar surface area (TPSA) is 192 Å². The highest BCUT2D eigenvalue weighted by molar-refractivity contribution is 6.02. The summed E-state index contributed by atoms with van der Waals surface area (Å²) < 4.78 is 22.5. The van der Waals surface area contributed by atoms with Crippen LogP contribution in [0.5, 0.6) is 28.7 Å². The van der Waals surface area contributed by atoms with Crippen molar-refractivity contribution in [2.24, 2.45) is 0 Å². The van der Waals surface area contributed by atoms with Crippen LogP contribution in [0.25, 0.3) is 6.08 Å². The Morgan fingerprint density at radius 2 is 1.62 bits per heavy atom. The molecule has 0 amide bonds. The second kappa shape index (κ2) is 12.1. The number of Topliss-reactive ketones (excluding diaryl/α,β-unsaturated/α-hetero) is 1. The molecule has 12 nitrogen and oxygen atoms in total. The maximum atomic E-state index is 12.8. The Morgan fingerprint density at radius 1 is 0.952 bits per heavy atom. The molecule has 5 rings (SSSR count). The predicted octanol–water partition coefficient (Wildman–Crippen LogP) is 1.95. The molecule has 1 fully saturated rings. The van der Waals surface area contributed by atoms with E-state index in [0.29, 0.717) is 11.1 Å². The van der Waals surface area contributed by atoms with E-state index in [9.17, 15) is 40.2 Å². The number of esters is 1. The van der Waals surface area contributed by atoms with Crippen LogP contribution < -0.4 is 9.47 Å². The first kappa shape index (κ1) is 28.9. The summed E-state index contributed by atoms with van der Waals surface area (Å²) in [6.07, 6.45) is -6.09. The Morgan fingerprint density at radius 3 is 2.29 bits per heavy atom. The number of phenolic OH excluding ortho intramolecular Hbond substituents is 3. The van der Waals surface area contributed by atoms with Gasteiger partial charge in [-0.2, -0.15) is 0 Å². The number of fused-ring (bicyclic) bond motifs is 1. The fourth-order valence-corrected chi connectivity index (χ4v) is 4.70. The fraction of sp³-hybridized carbons (Fsp3) is 0.267. The zero-order valence-electron chi connectivity index (χ0n) is 21.9. The molecular formula is C30H28O12. The molecule has 220 valence electrons. The van der Waals surface area contributed by atoms with Crippen LogP contribution in [0, 0.1) is 0 Å². The molecule has 2 heterocycles. The number of carbonyl (C=O) groups excluding carboxylic acids is 2. The predicted molar refractivity (Wildman–Crippen MR) is 144 cm³/mol. The van der Waals surface area contributed by atoms with E-state index >= 15 is 0 Å². The molecule has 6 atom stereocenters. The van der Waals surface area contributed by atoms with Gasteiger partial charge in [0.05, 0.1) is 13.0 Å². The normalized spacial score (nSPS) is 25.5. The summed E-state index contributed by atoms with van der Waals surface area (Å²) in [6, 6.07) is 14.5. The minimum Gasteiger partial charge on any atom is -0.508 e. The van der Waals surface area contributed by atoms with E-state index in [-0.39, 0.29) is 40.8 Å². The molecule has 0 aliphatic carbocycles. The standard InChI is InChI=1S/C30H28O12/c31-14-24-27(37)29(42-25(36)10-3-15-1-6-17(32)7-2-15)28(38)30(41-24)39-19-11-20(34)26-21(35)13-22(40-23(26)12-19)16-4-8-18(33)9-5-16/h1-12,22,24,27-34,37-38H,13-14H2/b10-3+/t22?,24-,27-,28-,29+,30-/m1/s1. The van der Waals surface area contributed by atoms with E-state index in [0.717, 1.165) is 12.1 Å². The van der Waals surface area contributed by atoms with Crippen molar-refractivity contribution in [1.29, 1.82) is 0 Å². The maximum absolute atomic E-state index is 12.8. The van der Waals surface area contributed by atoms with Crippen molar-refractivity contribution in [2.45, 2.75) is 43.2 Å². The van der Waals surface area contributed by atoms with Gasteiger partial charge in [-0.15, -0.1) is 0 Å². The molecule has 3 aromatic rings. The Bertz CT molecular complexity index is 1470. The number of rotatable bonds is 7. The zero-order chi connectivity index (χ0) is 30.0. The number of ketones is 1. The van der Waals surface area contributed by atoms with E-state index < -0.39 is 55.1 Å². The molecule has 0 radical (unpaired) electrons. The molecule has 2 aliphatic rings. The van der Waals surface area contributed by atoms with Gasteiger partial charge in [-0.25, -0.2) is 4.79 Å². The van der Waals surface area contributed by atoms with E-state index in [2.05, 4.69) is 0 Å². The summed E-state index contributed by atoms with van der Waals surface area (Å²) >= 11 is 0. The number of aromatic hydroxyl groups is 3. The third kappa shape index (κ3) is 6.16. The molecule has 1 saturated heterocycles. The summed E-state index contributed by atoms with van der Waals surface area (Å²) in [5, 5.41) is 60.8. The van der Waals surface area contributed by atoms with E-state index in [1.54, 1.807) is 24.3 Å². The van der Waals surface area contributed by atoms with E-state index in [1.807, 2.05) is 0 Å². The van der Waals surface area contributed by atoms with Crippen LogP contribution in [-0.4, -0.2) is 79.7 Å². The lowest BCUT2D eigenvalue weighted by Gasteiger charge is -2.41. The fourth-order valence-electron chi connectivity index (χ4n) is 4.70. The smallest absolute Gasteiger partial charge is 0.331 e. The van der Waals surface area contributed by atoms with Crippen molar-refractivity contribution >= 4 is 17.8 Å². The monoisotopic (exact) mass is 580 g/mol. The van der Waals surface area contributed by atoms with E-state index in [1.165, 1.54) is 36.4 Å². The van der Waals surface area contributed by atoms with Gasteiger partial charge in [-0.05, 0) is 41.5 Å². The van der Waals surface area contributed by atoms with Gasteiger partial charge < -0.3 is 49.6 Å². The van der Waals surface area contributed by atoms with Crippen LogP contribution in [0.15, 0.2) is 66.7 Å². The number of phenols is 3. The van der Waals surface area contributed by atoms with Crippen molar-refractivity contribution in [3.8, 4) is 28.7 Å². The highest BCUT2D eigenvalue weighted by Crippen LogP contribution is 2.42.